The highest BCUT2D eigenvalue weighted by atomic mass is 16.3. The Morgan fingerprint density at radius 3 is 2.89 bits per heavy atom. The Morgan fingerprint density at radius 1 is 1.39 bits per heavy atom. The maximum Gasteiger partial charge on any atom is 0.0568 e. The van der Waals surface area contributed by atoms with Gasteiger partial charge < -0.3 is 5.11 Å². The monoisotopic (exact) mass is 250 g/mol. The van der Waals surface area contributed by atoms with E-state index in [2.05, 4.69) is 18.2 Å². The highest BCUT2D eigenvalue weighted by Crippen LogP contribution is 2.34. The fourth-order valence-electron chi connectivity index (χ4n) is 3.28. The smallest absolute Gasteiger partial charge is 0.0568 e. The number of aliphatic hydroxyl groups is 1. The molecular weight excluding hydrogens is 224 g/mol. The number of nitrogens with zero attached hydrogens (tertiary/aromatic N) is 2. The summed E-state index contributed by atoms with van der Waals surface area (Å²) < 4.78 is 1.85. The topological polar surface area (TPSA) is 38.1 Å². The molecule has 3 atom stereocenters. The molecule has 0 spiro atoms. The summed E-state index contributed by atoms with van der Waals surface area (Å²) in [7, 11) is 1.95. The average molecular weight is 250 g/mol. The van der Waals surface area contributed by atoms with Crippen molar-refractivity contribution in [2.75, 3.05) is 0 Å². The Hall–Kier alpha value is -0.830. The van der Waals surface area contributed by atoms with E-state index in [9.17, 15) is 5.11 Å². The number of hydrogen-bond donors (Lipinski definition) is 1. The van der Waals surface area contributed by atoms with Crippen molar-refractivity contribution in [1.82, 2.24) is 9.78 Å². The molecule has 1 N–H and O–H groups in total. The molecule has 1 aliphatic carbocycles. The minimum Gasteiger partial charge on any atom is -0.393 e. The number of aliphatic hydroxyl groups excluding tert-OH is 1. The SMILES string of the molecule is CCCC1CCC(O)C(CCc2cnn(C)c2)C1. The van der Waals surface area contributed by atoms with E-state index in [1.54, 1.807) is 0 Å². The van der Waals surface area contributed by atoms with E-state index in [1.807, 2.05) is 17.9 Å². The number of rotatable bonds is 5. The molecule has 0 aliphatic heterocycles. The summed E-state index contributed by atoms with van der Waals surface area (Å²) in [5.74, 6) is 1.34. The van der Waals surface area contributed by atoms with E-state index in [1.165, 1.54) is 31.2 Å². The van der Waals surface area contributed by atoms with Gasteiger partial charge in [-0.2, -0.15) is 5.10 Å². The zero-order valence-corrected chi connectivity index (χ0v) is 11.7. The predicted molar refractivity (Wildman–Crippen MR) is 73.3 cm³/mol. The third-order valence-corrected chi connectivity index (χ3v) is 4.31. The molecule has 1 heterocycles. The van der Waals surface area contributed by atoms with Crippen LogP contribution in [0.1, 0.15) is 51.0 Å². The lowest BCUT2D eigenvalue weighted by atomic mass is 9.75. The van der Waals surface area contributed by atoms with Gasteiger partial charge in [-0.1, -0.05) is 19.8 Å². The van der Waals surface area contributed by atoms with Gasteiger partial charge in [0.1, 0.15) is 0 Å². The molecule has 0 radical (unpaired) electrons. The Labute approximate surface area is 110 Å². The average Bonchev–Trinajstić information content (AvgIpc) is 2.76. The molecule has 2 rings (SSSR count). The van der Waals surface area contributed by atoms with Crippen LogP contribution in [0.2, 0.25) is 0 Å². The lowest BCUT2D eigenvalue weighted by Crippen LogP contribution is -2.29. The molecule has 3 heteroatoms. The molecule has 0 saturated heterocycles. The van der Waals surface area contributed by atoms with Gasteiger partial charge in [0.25, 0.3) is 0 Å². The van der Waals surface area contributed by atoms with Crippen molar-refractivity contribution in [1.29, 1.82) is 0 Å². The van der Waals surface area contributed by atoms with Crippen molar-refractivity contribution < 1.29 is 5.11 Å². The van der Waals surface area contributed by atoms with Crippen LogP contribution in [0.5, 0.6) is 0 Å². The van der Waals surface area contributed by atoms with Crippen molar-refractivity contribution in [2.24, 2.45) is 18.9 Å². The van der Waals surface area contributed by atoms with Crippen molar-refractivity contribution in [2.45, 2.75) is 58.0 Å². The largest absolute Gasteiger partial charge is 0.393 e. The minimum absolute atomic E-state index is 0.0743. The zero-order chi connectivity index (χ0) is 13.0. The summed E-state index contributed by atoms with van der Waals surface area (Å²) in [6.07, 6.45) is 12.1. The molecule has 1 aromatic heterocycles. The molecule has 1 fully saturated rings. The van der Waals surface area contributed by atoms with Crippen molar-refractivity contribution >= 4 is 0 Å². The third-order valence-electron chi connectivity index (χ3n) is 4.31. The summed E-state index contributed by atoms with van der Waals surface area (Å²) in [5.41, 5.74) is 1.29. The summed E-state index contributed by atoms with van der Waals surface area (Å²) in [6, 6.07) is 0. The second-order valence-corrected chi connectivity index (χ2v) is 5.86. The Kier molecular flexibility index (Phi) is 4.81. The number of aryl methyl sites for hydroxylation is 2. The van der Waals surface area contributed by atoms with Crippen molar-refractivity contribution in [3.8, 4) is 0 Å². The quantitative estimate of drug-likeness (QED) is 0.872. The van der Waals surface area contributed by atoms with Gasteiger partial charge in [-0.15, -0.1) is 0 Å². The van der Waals surface area contributed by atoms with Gasteiger partial charge in [0, 0.05) is 13.2 Å². The van der Waals surface area contributed by atoms with Crippen LogP contribution in [0.25, 0.3) is 0 Å². The predicted octanol–water partition coefficient (Wildman–Crippen LogP) is 2.93. The lowest BCUT2D eigenvalue weighted by molar-refractivity contribution is 0.0420. The van der Waals surface area contributed by atoms with Gasteiger partial charge in [-0.25, -0.2) is 0 Å². The molecule has 1 aliphatic rings. The molecule has 102 valence electrons. The summed E-state index contributed by atoms with van der Waals surface area (Å²) in [5, 5.41) is 14.3. The molecule has 0 aromatic carbocycles. The zero-order valence-electron chi connectivity index (χ0n) is 11.7. The number of aromatic nitrogens is 2. The molecule has 3 nitrogen and oxygen atoms in total. The van der Waals surface area contributed by atoms with Gasteiger partial charge in [0.15, 0.2) is 0 Å². The molecule has 0 bridgehead atoms. The fraction of sp³-hybridized carbons (Fsp3) is 0.800. The van der Waals surface area contributed by atoms with Gasteiger partial charge >= 0.3 is 0 Å². The first kappa shape index (κ1) is 13.6. The number of hydrogen-bond acceptors (Lipinski definition) is 2. The highest BCUT2D eigenvalue weighted by Gasteiger charge is 2.28. The van der Waals surface area contributed by atoms with E-state index >= 15 is 0 Å². The maximum atomic E-state index is 10.1. The molecule has 1 aromatic rings. The molecule has 1 saturated carbocycles. The Morgan fingerprint density at radius 2 is 2.22 bits per heavy atom. The van der Waals surface area contributed by atoms with E-state index in [4.69, 9.17) is 0 Å². The second kappa shape index (κ2) is 6.37. The van der Waals surface area contributed by atoms with Crippen LogP contribution < -0.4 is 0 Å². The van der Waals surface area contributed by atoms with Gasteiger partial charge in [-0.3, -0.25) is 4.68 Å². The summed E-state index contributed by atoms with van der Waals surface area (Å²) >= 11 is 0. The van der Waals surface area contributed by atoms with E-state index in [0.29, 0.717) is 5.92 Å². The van der Waals surface area contributed by atoms with Crippen LogP contribution in [0.15, 0.2) is 12.4 Å². The van der Waals surface area contributed by atoms with Gasteiger partial charge in [0.05, 0.1) is 12.3 Å². The highest BCUT2D eigenvalue weighted by molar-refractivity contribution is 5.04. The molecule has 0 amide bonds. The van der Waals surface area contributed by atoms with Crippen molar-refractivity contribution in [3.05, 3.63) is 18.0 Å². The Balaban J connectivity index is 1.82. The Bertz CT molecular complexity index is 361. The van der Waals surface area contributed by atoms with E-state index < -0.39 is 0 Å². The molecule has 3 unspecified atom stereocenters. The van der Waals surface area contributed by atoms with E-state index in [-0.39, 0.29) is 6.10 Å². The maximum absolute atomic E-state index is 10.1. The minimum atomic E-state index is -0.0743. The third kappa shape index (κ3) is 3.58. The standard InChI is InChI=1S/C15H26N2O/c1-3-4-12-6-8-15(18)14(9-12)7-5-13-10-16-17(2)11-13/h10-12,14-15,18H,3-9H2,1-2H3. The second-order valence-electron chi connectivity index (χ2n) is 5.86. The van der Waals surface area contributed by atoms with Crippen molar-refractivity contribution in [3.63, 3.8) is 0 Å². The first-order valence-corrected chi connectivity index (χ1v) is 7.34. The normalized spacial score (nSPS) is 28.5. The van der Waals surface area contributed by atoms with Crippen LogP contribution in [-0.4, -0.2) is 21.0 Å². The van der Waals surface area contributed by atoms with Crippen LogP contribution in [0.3, 0.4) is 0 Å². The first-order chi connectivity index (χ1) is 8.69. The molecule has 18 heavy (non-hydrogen) atoms. The van der Waals surface area contributed by atoms with Gasteiger partial charge in [0.2, 0.25) is 0 Å². The fourth-order valence-corrected chi connectivity index (χ4v) is 3.28. The first-order valence-electron chi connectivity index (χ1n) is 7.34. The molecular formula is C15H26N2O. The van der Waals surface area contributed by atoms with Crippen LogP contribution in [-0.2, 0) is 13.5 Å². The van der Waals surface area contributed by atoms with E-state index in [0.717, 1.165) is 25.2 Å². The van der Waals surface area contributed by atoms with Crippen LogP contribution >= 0.6 is 0 Å². The summed E-state index contributed by atoms with van der Waals surface area (Å²) in [6.45, 7) is 2.26. The lowest BCUT2D eigenvalue weighted by Gasteiger charge is -2.33. The summed E-state index contributed by atoms with van der Waals surface area (Å²) in [4.78, 5) is 0. The van der Waals surface area contributed by atoms with Gasteiger partial charge in [-0.05, 0) is 49.5 Å². The van der Waals surface area contributed by atoms with Crippen LogP contribution in [0, 0.1) is 11.8 Å². The van der Waals surface area contributed by atoms with Crippen LogP contribution in [0.4, 0.5) is 0 Å².